The Labute approximate surface area is 202 Å². The molecule has 5 aromatic rings. The number of hydrogen-bond donors (Lipinski definition) is 2. The predicted octanol–water partition coefficient (Wildman–Crippen LogP) is 5.20. The van der Waals surface area contributed by atoms with Crippen LogP contribution in [0.15, 0.2) is 60.7 Å². The number of aromatic nitrogens is 3. The molecule has 0 radical (unpaired) electrons. The van der Waals surface area contributed by atoms with Crippen molar-refractivity contribution >= 4 is 27.8 Å². The van der Waals surface area contributed by atoms with Gasteiger partial charge in [-0.25, -0.2) is 4.98 Å². The highest BCUT2D eigenvalue weighted by molar-refractivity contribution is 5.98. The van der Waals surface area contributed by atoms with Crippen molar-refractivity contribution in [1.82, 2.24) is 19.9 Å². The summed E-state index contributed by atoms with van der Waals surface area (Å²) in [5.41, 5.74) is 7.66. The average Bonchev–Trinajstić information content (AvgIpc) is 3.39. The molecule has 1 aliphatic rings. The Bertz CT molecular complexity index is 1570. The normalized spacial score (nSPS) is 13.6. The second-order valence-corrected chi connectivity index (χ2v) is 8.95. The zero-order valence-electron chi connectivity index (χ0n) is 19.7. The first-order valence-electron chi connectivity index (χ1n) is 11.7. The summed E-state index contributed by atoms with van der Waals surface area (Å²) < 4.78 is 11.3. The smallest absolute Gasteiger partial charge is 0.270 e. The highest BCUT2D eigenvalue weighted by Gasteiger charge is 2.23. The first-order valence-corrected chi connectivity index (χ1v) is 11.7. The third-order valence-corrected chi connectivity index (χ3v) is 6.53. The van der Waals surface area contributed by atoms with Crippen LogP contribution in [0.1, 0.15) is 27.4 Å². The molecular formula is C28H26N4O3. The van der Waals surface area contributed by atoms with E-state index in [1.54, 1.807) is 7.11 Å². The van der Waals surface area contributed by atoms with E-state index in [1.807, 2.05) is 48.2 Å². The maximum atomic E-state index is 13.5. The number of fused-ring (bicyclic) bond motifs is 3. The third kappa shape index (κ3) is 3.94. The number of nitrogens with one attached hydrogen (secondary N) is 2. The van der Waals surface area contributed by atoms with Gasteiger partial charge in [-0.3, -0.25) is 4.79 Å². The first kappa shape index (κ1) is 21.4. The number of H-pyrrole nitrogens is 2. The number of methoxy groups -OCH3 is 1. The lowest BCUT2D eigenvalue weighted by molar-refractivity contribution is 0.0728. The van der Waals surface area contributed by atoms with Gasteiger partial charge >= 0.3 is 0 Å². The van der Waals surface area contributed by atoms with Gasteiger partial charge in [-0.1, -0.05) is 30.3 Å². The number of carbonyl (C=O) groups is 1. The Balaban J connectivity index is 1.31. The molecule has 7 heteroatoms. The molecule has 0 atom stereocenters. The summed E-state index contributed by atoms with van der Waals surface area (Å²) in [5, 5.41) is 1.00. The number of rotatable bonds is 4. The van der Waals surface area contributed by atoms with E-state index in [9.17, 15) is 4.79 Å². The molecule has 0 saturated carbocycles. The number of aryl methyl sites for hydroxylation is 1. The number of para-hydroxylation sites is 1. The minimum atomic E-state index is -0.0409. The van der Waals surface area contributed by atoms with Crippen LogP contribution in [-0.4, -0.2) is 46.0 Å². The lowest BCUT2D eigenvalue weighted by Crippen LogP contribution is -2.32. The van der Waals surface area contributed by atoms with Crippen LogP contribution in [0, 0.1) is 6.92 Å². The van der Waals surface area contributed by atoms with Crippen LogP contribution in [0.3, 0.4) is 0 Å². The van der Waals surface area contributed by atoms with Crippen molar-refractivity contribution in [3.05, 3.63) is 83.3 Å². The lowest BCUT2D eigenvalue weighted by atomic mass is 10.0. The number of imidazole rings is 1. The molecule has 6 rings (SSSR count). The largest absolute Gasteiger partial charge is 0.491 e. The molecule has 1 aliphatic heterocycles. The van der Waals surface area contributed by atoms with Gasteiger partial charge in [0.2, 0.25) is 0 Å². The second kappa shape index (κ2) is 8.60. The maximum absolute atomic E-state index is 13.5. The topological polar surface area (TPSA) is 83.2 Å². The molecule has 0 unspecified atom stereocenters. The summed E-state index contributed by atoms with van der Waals surface area (Å²) in [4.78, 5) is 26.5. The summed E-state index contributed by atoms with van der Waals surface area (Å²) in [5.74, 6) is 1.68. The zero-order valence-corrected chi connectivity index (χ0v) is 19.7. The van der Waals surface area contributed by atoms with Crippen LogP contribution >= 0.6 is 0 Å². The summed E-state index contributed by atoms with van der Waals surface area (Å²) >= 11 is 0. The fraction of sp³-hybridized carbons (Fsp3) is 0.214. The summed E-state index contributed by atoms with van der Waals surface area (Å²) in [6.07, 6.45) is 0. The van der Waals surface area contributed by atoms with E-state index in [-0.39, 0.29) is 5.91 Å². The summed E-state index contributed by atoms with van der Waals surface area (Å²) in [6, 6.07) is 20.3. The van der Waals surface area contributed by atoms with E-state index in [0.717, 1.165) is 55.8 Å². The van der Waals surface area contributed by atoms with Gasteiger partial charge in [0, 0.05) is 30.2 Å². The van der Waals surface area contributed by atoms with E-state index in [0.29, 0.717) is 32.0 Å². The van der Waals surface area contributed by atoms with Gasteiger partial charge in [0.1, 0.15) is 23.9 Å². The minimum absolute atomic E-state index is 0.0409. The molecule has 0 fully saturated rings. The van der Waals surface area contributed by atoms with Crippen LogP contribution in [0.25, 0.3) is 33.1 Å². The number of carbonyl (C=O) groups excluding carboxylic acids is 1. The molecule has 0 aliphatic carbocycles. The minimum Gasteiger partial charge on any atom is -0.491 e. The van der Waals surface area contributed by atoms with Crippen molar-refractivity contribution in [2.24, 2.45) is 0 Å². The Morgan fingerprint density at radius 2 is 1.94 bits per heavy atom. The van der Waals surface area contributed by atoms with Crippen LogP contribution in [0.5, 0.6) is 5.75 Å². The number of nitrogens with zero attached hydrogens (tertiary/aromatic N) is 2. The molecule has 176 valence electrons. The predicted molar refractivity (Wildman–Crippen MR) is 136 cm³/mol. The standard InChI is InChI=1S/C28H26N4O3/c1-17-29-23-8-6-19(13-24(23)30-17)18-7-9-26-22(12-18)15-32(10-11-35-26)28(33)25-14-20-4-3-5-21(16-34-2)27(20)31-25/h3-9,12-14,31H,10-11,15-16H2,1-2H3,(H,29,30). The van der Waals surface area contributed by atoms with Gasteiger partial charge in [-0.15, -0.1) is 0 Å². The third-order valence-electron chi connectivity index (χ3n) is 6.53. The number of amides is 1. The first-order chi connectivity index (χ1) is 17.1. The van der Waals surface area contributed by atoms with Crippen LogP contribution in [0.4, 0.5) is 0 Å². The van der Waals surface area contributed by atoms with Crippen molar-refractivity contribution in [2.75, 3.05) is 20.3 Å². The molecule has 35 heavy (non-hydrogen) atoms. The number of benzene rings is 3. The molecule has 0 spiro atoms. The lowest BCUT2D eigenvalue weighted by Gasteiger charge is -2.19. The van der Waals surface area contributed by atoms with E-state index >= 15 is 0 Å². The molecule has 2 aromatic heterocycles. The van der Waals surface area contributed by atoms with Crippen molar-refractivity contribution in [3.8, 4) is 16.9 Å². The van der Waals surface area contributed by atoms with Crippen molar-refractivity contribution in [1.29, 1.82) is 0 Å². The van der Waals surface area contributed by atoms with Gasteiger partial charge in [-0.2, -0.15) is 0 Å². The van der Waals surface area contributed by atoms with E-state index in [4.69, 9.17) is 9.47 Å². The average molecular weight is 467 g/mol. The highest BCUT2D eigenvalue weighted by atomic mass is 16.5. The quantitative estimate of drug-likeness (QED) is 0.381. The van der Waals surface area contributed by atoms with Gasteiger partial charge in [0.15, 0.2) is 0 Å². The van der Waals surface area contributed by atoms with E-state index in [1.165, 1.54) is 0 Å². The van der Waals surface area contributed by atoms with Crippen molar-refractivity contribution < 1.29 is 14.3 Å². The Morgan fingerprint density at radius 1 is 1.09 bits per heavy atom. The van der Waals surface area contributed by atoms with E-state index < -0.39 is 0 Å². The van der Waals surface area contributed by atoms with Gasteiger partial charge in [0.05, 0.1) is 29.7 Å². The molecule has 7 nitrogen and oxygen atoms in total. The molecule has 3 aromatic carbocycles. The maximum Gasteiger partial charge on any atom is 0.270 e. The molecule has 3 heterocycles. The monoisotopic (exact) mass is 466 g/mol. The molecule has 1 amide bonds. The van der Waals surface area contributed by atoms with Crippen LogP contribution < -0.4 is 4.74 Å². The SMILES string of the molecule is COCc1cccc2cc(C(=O)N3CCOc4ccc(-c5ccc6nc(C)[nH]c6c5)cc4C3)[nH]c12. The van der Waals surface area contributed by atoms with E-state index in [2.05, 4.69) is 39.2 Å². The fourth-order valence-electron chi connectivity index (χ4n) is 4.84. The van der Waals surface area contributed by atoms with Gasteiger partial charge in [-0.05, 0) is 48.4 Å². The summed E-state index contributed by atoms with van der Waals surface area (Å²) in [6.45, 7) is 3.89. The highest BCUT2D eigenvalue weighted by Crippen LogP contribution is 2.31. The van der Waals surface area contributed by atoms with Crippen molar-refractivity contribution in [3.63, 3.8) is 0 Å². The summed E-state index contributed by atoms with van der Waals surface area (Å²) in [7, 11) is 1.67. The molecule has 0 bridgehead atoms. The Kier molecular flexibility index (Phi) is 5.26. The van der Waals surface area contributed by atoms with Gasteiger partial charge < -0.3 is 24.3 Å². The Morgan fingerprint density at radius 3 is 2.83 bits per heavy atom. The number of ether oxygens (including phenoxy) is 2. The van der Waals surface area contributed by atoms with Crippen LogP contribution in [-0.2, 0) is 17.9 Å². The fourth-order valence-corrected chi connectivity index (χ4v) is 4.84. The zero-order chi connectivity index (χ0) is 23.9. The molecular weight excluding hydrogens is 440 g/mol. The molecule has 2 N–H and O–H groups in total. The molecule has 0 saturated heterocycles. The number of hydrogen-bond acceptors (Lipinski definition) is 4. The Hall–Kier alpha value is -4.10. The van der Waals surface area contributed by atoms with Crippen LogP contribution in [0.2, 0.25) is 0 Å². The van der Waals surface area contributed by atoms with Gasteiger partial charge in [0.25, 0.3) is 5.91 Å². The second-order valence-electron chi connectivity index (χ2n) is 8.95. The number of aromatic amines is 2. The van der Waals surface area contributed by atoms with Crippen molar-refractivity contribution in [2.45, 2.75) is 20.1 Å².